The Morgan fingerprint density at radius 1 is 1.26 bits per heavy atom. The van der Waals surface area contributed by atoms with Crippen molar-refractivity contribution < 1.29 is 37.0 Å². The van der Waals surface area contributed by atoms with Crippen molar-refractivity contribution in [1.29, 1.82) is 0 Å². The van der Waals surface area contributed by atoms with Crippen molar-refractivity contribution >= 4 is 51.7 Å². The van der Waals surface area contributed by atoms with Crippen LogP contribution < -0.4 is 15.8 Å². The van der Waals surface area contributed by atoms with Crippen LogP contribution in [-0.2, 0) is 15.8 Å². The zero-order chi connectivity index (χ0) is 33.7. The Hall–Kier alpha value is -3.88. The van der Waals surface area contributed by atoms with Crippen LogP contribution in [-0.4, -0.2) is 55.8 Å². The summed E-state index contributed by atoms with van der Waals surface area (Å²) >= 11 is 7.50. The Kier molecular flexibility index (Phi) is 7.12. The number of rotatable bonds is 7. The molecule has 0 radical (unpaired) electrons. The summed E-state index contributed by atoms with van der Waals surface area (Å²) < 4.78 is 66.2. The molecule has 2 aromatic heterocycles. The van der Waals surface area contributed by atoms with Crippen LogP contribution in [0.2, 0.25) is 5.02 Å². The number of ether oxygens (including phenoxy) is 1. The zero-order valence-electron chi connectivity index (χ0n) is 25.0. The molecule has 1 fully saturated rings. The lowest BCUT2D eigenvalue weighted by Crippen LogP contribution is -2.52. The average molecular weight is 690 g/mol. The van der Waals surface area contributed by atoms with E-state index in [1.54, 1.807) is 29.3 Å². The molecular formula is C32H28ClF4N5O4S. The van der Waals surface area contributed by atoms with Gasteiger partial charge in [-0.05, 0) is 61.9 Å². The number of aromatic nitrogens is 3. The zero-order valence-corrected chi connectivity index (χ0v) is 26.6. The lowest BCUT2D eigenvalue weighted by Gasteiger charge is -2.33. The number of fused-ring (bicyclic) bond motifs is 3. The number of pyridine rings is 1. The Morgan fingerprint density at radius 3 is 2.68 bits per heavy atom. The van der Waals surface area contributed by atoms with Gasteiger partial charge in [0, 0.05) is 28.6 Å². The highest BCUT2D eigenvalue weighted by atomic mass is 35.5. The summed E-state index contributed by atoms with van der Waals surface area (Å²) in [7, 11) is 0. The van der Waals surface area contributed by atoms with E-state index in [1.807, 2.05) is 0 Å². The highest BCUT2D eigenvalue weighted by molar-refractivity contribution is 8.04. The van der Waals surface area contributed by atoms with Crippen LogP contribution in [0.15, 0.2) is 53.9 Å². The molecule has 4 heterocycles. The second kappa shape index (κ2) is 10.6. The molecule has 2 unspecified atom stereocenters. The number of hydrogen-bond donors (Lipinski definition) is 3. The number of nitrogens with two attached hydrogens (primary N) is 1. The SMILES string of the molecule is CC12SC=C(c3nc([C@@](O)(CNC(=O)c4cc(Cl)c5nn(C6CC6)cc5c4)C(F)(F)F)cc4c3OC[C@]4(C)C(N)=O)C1C=CC=C2F. The Balaban J connectivity index is 1.28. The maximum atomic E-state index is 15.0. The smallest absolute Gasteiger partial charge is 0.424 e. The topological polar surface area (TPSA) is 132 Å². The molecule has 1 aromatic carbocycles. The van der Waals surface area contributed by atoms with E-state index in [9.17, 15) is 27.9 Å². The number of halogens is 5. The van der Waals surface area contributed by atoms with E-state index in [0.717, 1.165) is 30.7 Å². The van der Waals surface area contributed by atoms with E-state index in [2.05, 4.69) is 15.4 Å². The van der Waals surface area contributed by atoms with Gasteiger partial charge in [-0.1, -0.05) is 23.8 Å². The second-order valence-electron chi connectivity index (χ2n) is 12.7. The number of primary amides is 1. The van der Waals surface area contributed by atoms with Crippen LogP contribution in [0, 0.1) is 5.92 Å². The van der Waals surface area contributed by atoms with Crippen molar-refractivity contribution in [3.05, 3.63) is 81.4 Å². The summed E-state index contributed by atoms with van der Waals surface area (Å²) in [5.74, 6) is -2.88. The molecule has 246 valence electrons. The molecule has 0 spiro atoms. The monoisotopic (exact) mass is 689 g/mol. The molecule has 7 rings (SSSR count). The first-order valence-electron chi connectivity index (χ1n) is 14.7. The number of carbonyl (C=O) groups is 2. The highest BCUT2D eigenvalue weighted by Gasteiger charge is 2.58. The van der Waals surface area contributed by atoms with Crippen molar-refractivity contribution in [3.63, 3.8) is 0 Å². The average Bonchev–Trinajstić information content (AvgIpc) is 3.53. The fourth-order valence-corrected chi connectivity index (χ4v) is 7.58. The van der Waals surface area contributed by atoms with E-state index in [-0.39, 0.29) is 40.2 Å². The van der Waals surface area contributed by atoms with Crippen LogP contribution in [0.3, 0.4) is 0 Å². The van der Waals surface area contributed by atoms with Gasteiger partial charge >= 0.3 is 6.18 Å². The molecule has 0 saturated heterocycles. The van der Waals surface area contributed by atoms with E-state index in [1.165, 1.54) is 31.2 Å². The summed E-state index contributed by atoms with van der Waals surface area (Å²) in [6.45, 7) is 1.45. The summed E-state index contributed by atoms with van der Waals surface area (Å²) in [6, 6.07) is 3.93. The van der Waals surface area contributed by atoms with Crippen molar-refractivity contribution in [2.24, 2.45) is 11.7 Å². The lowest BCUT2D eigenvalue weighted by atomic mass is 9.79. The van der Waals surface area contributed by atoms with Crippen LogP contribution in [0.25, 0.3) is 16.5 Å². The standard InChI is InChI=1S/C32H28ClF4N5O4S/c1-29(28(38)44)14-46-26-20(29)10-23(40-25(26)18-12-47-30(2)19(18)4-3-5-22(30)34)31(45,32(35,36)37)13-39-27(43)15-8-16-11-42(17-6-7-17)41-24(16)21(33)9-15/h3-5,8-12,17,19,45H,6-7,13-14H2,1-2H3,(H2,38,44)(H,39,43)/t19?,29-,30?,31-/m0/s1. The Morgan fingerprint density at radius 2 is 2.00 bits per heavy atom. The maximum absolute atomic E-state index is 15.0. The number of amides is 2. The molecule has 4 atom stereocenters. The van der Waals surface area contributed by atoms with Crippen LogP contribution in [0.5, 0.6) is 5.75 Å². The summed E-state index contributed by atoms with van der Waals surface area (Å²) in [5, 5.41) is 20.3. The molecule has 2 aliphatic carbocycles. The van der Waals surface area contributed by atoms with Crippen LogP contribution in [0.1, 0.15) is 60.0 Å². The van der Waals surface area contributed by atoms with E-state index in [0.29, 0.717) is 16.5 Å². The van der Waals surface area contributed by atoms with E-state index < -0.39 is 57.7 Å². The normalized spacial score (nSPS) is 26.3. The predicted octanol–water partition coefficient (Wildman–Crippen LogP) is 5.62. The van der Waals surface area contributed by atoms with Gasteiger partial charge in [0.2, 0.25) is 11.5 Å². The molecule has 2 amide bonds. The minimum absolute atomic E-state index is 0.0118. The largest absolute Gasteiger partial charge is 0.490 e. The molecule has 1 saturated carbocycles. The third-order valence-electron chi connectivity index (χ3n) is 9.43. The number of nitrogens with one attached hydrogen (secondary N) is 1. The highest BCUT2D eigenvalue weighted by Crippen LogP contribution is 2.57. The Bertz CT molecular complexity index is 1970. The number of hydrogen-bond acceptors (Lipinski definition) is 7. The number of thioether (sulfide) groups is 1. The summed E-state index contributed by atoms with van der Waals surface area (Å²) in [4.78, 5) is 30.1. The molecule has 3 aromatic rings. The van der Waals surface area contributed by atoms with Crippen molar-refractivity contribution in [2.45, 2.75) is 54.7 Å². The van der Waals surface area contributed by atoms with Crippen molar-refractivity contribution in [2.75, 3.05) is 13.2 Å². The Labute approximate surface area is 274 Å². The van der Waals surface area contributed by atoms with E-state index >= 15 is 4.39 Å². The van der Waals surface area contributed by atoms with Gasteiger partial charge < -0.3 is 20.9 Å². The number of carbonyl (C=O) groups excluding carboxylic acids is 2. The van der Waals surface area contributed by atoms with Crippen LogP contribution >= 0.6 is 23.4 Å². The second-order valence-corrected chi connectivity index (χ2v) is 14.4. The molecule has 47 heavy (non-hydrogen) atoms. The first-order valence-corrected chi connectivity index (χ1v) is 16.0. The fourth-order valence-electron chi connectivity index (χ4n) is 6.15. The number of benzene rings is 1. The number of allylic oxidation sites excluding steroid dienone is 4. The number of aliphatic hydroxyl groups is 1. The summed E-state index contributed by atoms with van der Waals surface area (Å²) in [6.07, 6.45) is 2.79. The molecule has 2 aliphatic heterocycles. The minimum Gasteiger partial charge on any atom is -0.490 e. The number of alkyl halides is 3. The van der Waals surface area contributed by atoms with Gasteiger partial charge in [0.15, 0.2) is 0 Å². The molecular weight excluding hydrogens is 662 g/mol. The van der Waals surface area contributed by atoms with Crippen LogP contribution in [0.4, 0.5) is 17.6 Å². The molecule has 0 bridgehead atoms. The maximum Gasteiger partial charge on any atom is 0.424 e. The third kappa shape index (κ3) is 4.86. The van der Waals surface area contributed by atoms with Crippen molar-refractivity contribution in [1.82, 2.24) is 20.1 Å². The molecule has 15 heteroatoms. The minimum atomic E-state index is -5.36. The number of nitrogens with zero attached hydrogens (tertiary/aromatic N) is 3. The summed E-state index contributed by atoms with van der Waals surface area (Å²) in [5.41, 5.74) is 0.137. The van der Waals surface area contributed by atoms with Gasteiger partial charge in [-0.25, -0.2) is 9.37 Å². The van der Waals surface area contributed by atoms with Gasteiger partial charge in [-0.2, -0.15) is 18.3 Å². The van der Waals surface area contributed by atoms with Gasteiger partial charge in [0.25, 0.3) is 5.91 Å². The quantitative estimate of drug-likeness (QED) is 0.275. The van der Waals surface area contributed by atoms with Gasteiger partial charge in [0.1, 0.15) is 34.8 Å². The van der Waals surface area contributed by atoms with Gasteiger partial charge in [-0.15, -0.1) is 11.8 Å². The van der Waals surface area contributed by atoms with Gasteiger partial charge in [-0.3, -0.25) is 14.3 Å². The van der Waals surface area contributed by atoms with Crippen molar-refractivity contribution in [3.8, 4) is 5.75 Å². The molecule has 4 N–H and O–H groups in total. The molecule has 9 nitrogen and oxygen atoms in total. The first kappa shape index (κ1) is 31.7. The lowest BCUT2D eigenvalue weighted by molar-refractivity contribution is -0.265. The molecule has 4 aliphatic rings. The third-order valence-corrected chi connectivity index (χ3v) is 11.0. The first-order chi connectivity index (χ1) is 22.1. The predicted molar refractivity (Wildman–Crippen MR) is 167 cm³/mol. The van der Waals surface area contributed by atoms with E-state index in [4.69, 9.17) is 22.1 Å². The fraction of sp³-hybridized carbons (Fsp3) is 0.375. The van der Waals surface area contributed by atoms with Gasteiger partial charge in [0.05, 0.1) is 28.1 Å².